The number of carbonyl (C=O) groups is 1. The predicted molar refractivity (Wildman–Crippen MR) is 71.3 cm³/mol. The van der Waals surface area contributed by atoms with Gasteiger partial charge in [-0.2, -0.15) is 0 Å². The topological polar surface area (TPSA) is 47.6 Å². The van der Waals surface area contributed by atoms with Gasteiger partial charge in [0.25, 0.3) is 0 Å². The smallest absolute Gasteiger partial charge is 0.223 e. The van der Waals surface area contributed by atoms with Crippen molar-refractivity contribution in [2.24, 2.45) is 0 Å². The maximum atomic E-state index is 10.9. The van der Waals surface area contributed by atoms with Gasteiger partial charge in [-0.15, -0.1) is 0 Å². The van der Waals surface area contributed by atoms with Crippen molar-refractivity contribution in [3.63, 3.8) is 0 Å². The maximum Gasteiger partial charge on any atom is 0.223 e. The van der Waals surface area contributed by atoms with Gasteiger partial charge in [-0.3, -0.25) is 4.79 Å². The Kier molecular flexibility index (Phi) is 6.08. The van der Waals surface area contributed by atoms with E-state index in [1.54, 1.807) is 44.5 Å². The fourth-order valence-electron chi connectivity index (χ4n) is 1.26. The highest BCUT2D eigenvalue weighted by Gasteiger charge is 2.03. The molecule has 0 saturated carbocycles. The molecule has 0 unspecified atom stereocenters. The van der Waals surface area contributed by atoms with Crippen LogP contribution in [0.4, 0.5) is 0 Å². The van der Waals surface area contributed by atoms with Crippen LogP contribution in [0.1, 0.15) is 6.42 Å². The Balaban J connectivity index is 2.46. The molecule has 4 nitrogen and oxygen atoms in total. The van der Waals surface area contributed by atoms with Gasteiger partial charge in [0, 0.05) is 24.6 Å². The van der Waals surface area contributed by atoms with Gasteiger partial charge in [-0.05, 0) is 12.1 Å². The van der Waals surface area contributed by atoms with Gasteiger partial charge in [0.2, 0.25) is 5.91 Å². The lowest BCUT2D eigenvalue weighted by Crippen LogP contribution is -2.16. The first kappa shape index (κ1) is 14.4. The molecule has 0 radical (unpaired) electrons. The molecule has 0 saturated heterocycles. The number of amides is 1. The molecule has 1 amide bonds. The van der Waals surface area contributed by atoms with Crippen LogP contribution in [0.5, 0.6) is 11.5 Å². The van der Waals surface area contributed by atoms with E-state index < -0.39 is 0 Å². The van der Waals surface area contributed by atoms with Crippen LogP contribution >= 0.6 is 11.6 Å². The second-order valence-corrected chi connectivity index (χ2v) is 3.89. The Morgan fingerprint density at radius 1 is 1.39 bits per heavy atom. The molecule has 0 aliphatic heterocycles. The lowest BCUT2D eigenvalue weighted by molar-refractivity contribution is -0.119. The van der Waals surface area contributed by atoms with Gasteiger partial charge in [0.15, 0.2) is 11.5 Å². The van der Waals surface area contributed by atoms with E-state index in [4.69, 9.17) is 21.1 Å². The zero-order chi connectivity index (χ0) is 13.4. The number of benzene rings is 1. The number of halogens is 1. The second kappa shape index (κ2) is 7.61. The first-order chi connectivity index (χ1) is 8.67. The number of hydrogen-bond acceptors (Lipinski definition) is 3. The van der Waals surface area contributed by atoms with Crippen LogP contribution in [0.2, 0.25) is 5.02 Å². The molecule has 0 aliphatic rings. The van der Waals surface area contributed by atoms with E-state index in [9.17, 15) is 4.79 Å². The minimum absolute atomic E-state index is 0.0321. The first-order valence-corrected chi connectivity index (χ1v) is 5.87. The standard InChI is InChI=1S/C13H16ClNO3/c1-15-13(16)5-3-4-8-18-11-7-6-10(14)9-12(11)17-2/h3-4,6-7,9H,5,8H2,1-2H3,(H,15,16)/b4-3+. The molecule has 1 rings (SSSR count). The summed E-state index contributed by atoms with van der Waals surface area (Å²) in [5.41, 5.74) is 0. The molecule has 0 spiro atoms. The summed E-state index contributed by atoms with van der Waals surface area (Å²) in [7, 11) is 3.16. The summed E-state index contributed by atoms with van der Waals surface area (Å²) in [6.07, 6.45) is 3.88. The van der Waals surface area contributed by atoms with Gasteiger partial charge >= 0.3 is 0 Å². The van der Waals surface area contributed by atoms with Gasteiger partial charge in [0.1, 0.15) is 6.61 Å². The molecule has 0 fully saturated rings. The van der Waals surface area contributed by atoms with E-state index >= 15 is 0 Å². The highest BCUT2D eigenvalue weighted by Crippen LogP contribution is 2.29. The molecule has 1 aromatic carbocycles. The molecule has 18 heavy (non-hydrogen) atoms. The summed E-state index contributed by atoms with van der Waals surface area (Å²) < 4.78 is 10.6. The Labute approximate surface area is 112 Å². The van der Waals surface area contributed by atoms with Crippen molar-refractivity contribution in [3.05, 3.63) is 35.4 Å². The van der Waals surface area contributed by atoms with E-state index in [2.05, 4.69) is 5.32 Å². The number of hydrogen-bond donors (Lipinski definition) is 1. The molecule has 0 aromatic heterocycles. The molecule has 1 N–H and O–H groups in total. The van der Waals surface area contributed by atoms with E-state index in [0.29, 0.717) is 29.5 Å². The van der Waals surface area contributed by atoms with Crippen molar-refractivity contribution >= 4 is 17.5 Å². The van der Waals surface area contributed by atoms with Crippen molar-refractivity contribution in [3.8, 4) is 11.5 Å². The molecule has 1 aromatic rings. The third-order valence-electron chi connectivity index (χ3n) is 2.21. The van der Waals surface area contributed by atoms with Gasteiger partial charge < -0.3 is 14.8 Å². The lowest BCUT2D eigenvalue weighted by Gasteiger charge is -2.09. The Bertz CT molecular complexity index is 432. The van der Waals surface area contributed by atoms with E-state index in [1.807, 2.05) is 0 Å². The Morgan fingerprint density at radius 3 is 2.83 bits per heavy atom. The Morgan fingerprint density at radius 2 is 2.17 bits per heavy atom. The summed E-state index contributed by atoms with van der Waals surface area (Å²) in [4.78, 5) is 10.9. The van der Waals surface area contributed by atoms with Crippen molar-refractivity contribution < 1.29 is 14.3 Å². The number of nitrogens with one attached hydrogen (secondary N) is 1. The minimum atomic E-state index is -0.0321. The van der Waals surface area contributed by atoms with E-state index in [-0.39, 0.29) is 5.91 Å². The molecule has 0 atom stereocenters. The third-order valence-corrected chi connectivity index (χ3v) is 2.44. The second-order valence-electron chi connectivity index (χ2n) is 3.45. The normalized spacial score (nSPS) is 10.4. The molecule has 0 bridgehead atoms. The quantitative estimate of drug-likeness (QED) is 0.807. The third kappa shape index (κ3) is 4.67. The van der Waals surface area contributed by atoms with Crippen LogP contribution in [0.3, 0.4) is 0 Å². The summed E-state index contributed by atoms with van der Waals surface area (Å²) >= 11 is 5.84. The number of ether oxygens (including phenoxy) is 2. The zero-order valence-corrected chi connectivity index (χ0v) is 11.2. The van der Waals surface area contributed by atoms with Crippen LogP contribution < -0.4 is 14.8 Å². The number of rotatable bonds is 6. The molecule has 0 heterocycles. The largest absolute Gasteiger partial charge is 0.493 e. The molecule has 5 heteroatoms. The summed E-state index contributed by atoms with van der Waals surface area (Å²) in [6.45, 7) is 0.370. The fourth-order valence-corrected chi connectivity index (χ4v) is 1.42. The first-order valence-electron chi connectivity index (χ1n) is 5.49. The predicted octanol–water partition coefficient (Wildman–Crippen LogP) is 2.42. The maximum absolute atomic E-state index is 10.9. The highest BCUT2D eigenvalue weighted by molar-refractivity contribution is 6.30. The van der Waals surface area contributed by atoms with E-state index in [1.165, 1.54) is 0 Å². The fraction of sp³-hybridized carbons (Fsp3) is 0.308. The minimum Gasteiger partial charge on any atom is -0.493 e. The summed E-state index contributed by atoms with van der Waals surface area (Å²) in [5.74, 6) is 1.17. The molecule has 0 aliphatic carbocycles. The lowest BCUT2D eigenvalue weighted by atomic mass is 10.3. The summed E-state index contributed by atoms with van der Waals surface area (Å²) in [6, 6.07) is 5.16. The summed E-state index contributed by atoms with van der Waals surface area (Å²) in [5, 5.41) is 3.12. The Hall–Kier alpha value is -1.68. The average Bonchev–Trinajstić information content (AvgIpc) is 2.39. The number of methoxy groups -OCH3 is 1. The zero-order valence-electron chi connectivity index (χ0n) is 10.4. The van der Waals surface area contributed by atoms with Gasteiger partial charge in [0.05, 0.1) is 7.11 Å². The average molecular weight is 270 g/mol. The van der Waals surface area contributed by atoms with Crippen LogP contribution in [0, 0.1) is 0 Å². The van der Waals surface area contributed by atoms with Gasteiger partial charge in [-0.25, -0.2) is 0 Å². The van der Waals surface area contributed by atoms with Crippen molar-refractivity contribution in [1.29, 1.82) is 0 Å². The highest BCUT2D eigenvalue weighted by atomic mass is 35.5. The molecular formula is C13H16ClNO3. The van der Waals surface area contributed by atoms with E-state index in [0.717, 1.165) is 0 Å². The van der Waals surface area contributed by atoms with Crippen LogP contribution in [-0.4, -0.2) is 26.7 Å². The monoisotopic (exact) mass is 269 g/mol. The van der Waals surface area contributed by atoms with Crippen molar-refractivity contribution in [2.45, 2.75) is 6.42 Å². The van der Waals surface area contributed by atoms with Crippen LogP contribution in [0.25, 0.3) is 0 Å². The molecule has 98 valence electrons. The van der Waals surface area contributed by atoms with Crippen LogP contribution in [-0.2, 0) is 4.79 Å². The SMILES string of the molecule is CNC(=O)C/C=C/COc1ccc(Cl)cc1OC. The van der Waals surface area contributed by atoms with Crippen LogP contribution in [0.15, 0.2) is 30.4 Å². The number of carbonyl (C=O) groups excluding carboxylic acids is 1. The molecular weight excluding hydrogens is 254 g/mol. The van der Waals surface area contributed by atoms with Gasteiger partial charge in [-0.1, -0.05) is 23.8 Å². The van der Waals surface area contributed by atoms with Crippen molar-refractivity contribution in [2.75, 3.05) is 20.8 Å². The van der Waals surface area contributed by atoms with Crippen molar-refractivity contribution in [1.82, 2.24) is 5.32 Å².